The Morgan fingerprint density at radius 1 is 1.50 bits per heavy atom. The van der Waals surface area contributed by atoms with Crippen LogP contribution in [-0.4, -0.2) is 25.0 Å². The zero-order chi connectivity index (χ0) is 9.56. The fourth-order valence-corrected chi connectivity index (χ4v) is 0.588. The first kappa shape index (κ1) is 11.1. The summed E-state index contributed by atoms with van der Waals surface area (Å²) in [6, 6.07) is 0. The first-order chi connectivity index (χ1) is 5.57. The van der Waals surface area contributed by atoms with Crippen molar-refractivity contribution in [1.29, 1.82) is 0 Å². The zero-order valence-electron chi connectivity index (χ0n) is 7.66. The van der Waals surface area contributed by atoms with Crippen molar-refractivity contribution in [2.45, 2.75) is 26.9 Å². The van der Waals surface area contributed by atoms with Crippen LogP contribution in [0.2, 0.25) is 0 Å². The molecule has 0 aromatic rings. The number of amides is 2. The number of hydrogen-bond donors (Lipinski definition) is 1. The van der Waals surface area contributed by atoms with Gasteiger partial charge in [-0.1, -0.05) is 13.8 Å². The number of imide groups is 1. The molecule has 0 saturated carbocycles. The molecule has 2 amide bonds. The van der Waals surface area contributed by atoms with Crippen molar-refractivity contribution < 1.29 is 14.3 Å². The second-order valence-corrected chi connectivity index (χ2v) is 3.00. The van der Waals surface area contributed by atoms with E-state index in [0.717, 1.165) is 0 Å². The molecule has 0 spiro atoms. The van der Waals surface area contributed by atoms with Gasteiger partial charge in [0.25, 0.3) is 5.91 Å². The predicted molar refractivity (Wildman–Crippen MR) is 44.5 cm³/mol. The van der Waals surface area contributed by atoms with Gasteiger partial charge in [-0.3, -0.25) is 14.9 Å². The van der Waals surface area contributed by atoms with E-state index in [0.29, 0.717) is 18.9 Å². The van der Waals surface area contributed by atoms with E-state index in [2.05, 4.69) is 0 Å². The summed E-state index contributed by atoms with van der Waals surface area (Å²) >= 11 is 0. The predicted octanol–water partition coefficient (Wildman–Crippen LogP) is 0.320. The van der Waals surface area contributed by atoms with Crippen LogP contribution in [0.1, 0.15) is 20.8 Å². The number of carbonyl (C=O) groups is 2. The Hall–Kier alpha value is -0.900. The molecule has 4 heteroatoms. The Labute approximate surface area is 72.3 Å². The third kappa shape index (κ3) is 4.85. The van der Waals surface area contributed by atoms with Crippen molar-refractivity contribution in [2.24, 2.45) is 5.92 Å². The maximum atomic E-state index is 10.9. The summed E-state index contributed by atoms with van der Waals surface area (Å²) in [5, 5.41) is 2.02. The van der Waals surface area contributed by atoms with Gasteiger partial charge in [0.2, 0.25) is 6.41 Å². The van der Waals surface area contributed by atoms with Gasteiger partial charge in [0, 0.05) is 6.61 Å². The molecule has 12 heavy (non-hydrogen) atoms. The maximum absolute atomic E-state index is 10.9. The molecule has 0 aromatic carbocycles. The molecule has 0 bridgehead atoms. The summed E-state index contributed by atoms with van der Waals surface area (Å²) in [4.78, 5) is 20.8. The normalized spacial score (nSPS) is 12.7. The minimum absolute atomic E-state index is 0.359. The average molecular weight is 173 g/mol. The van der Waals surface area contributed by atoms with E-state index in [-0.39, 0.29) is 0 Å². The van der Waals surface area contributed by atoms with Gasteiger partial charge >= 0.3 is 0 Å². The van der Waals surface area contributed by atoms with Crippen LogP contribution in [0.5, 0.6) is 0 Å². The molecule has 70 valence electrons. The van der Waals surface area contributed by atoms with Crippen LogP contribution in [0.4, 0.5) is 0 Å². The van der Waals surface area contributed by atoms with E-state index in [1.807, 2.05) is 19.2 Å². The van der Waals surface area contributed by atoms with Crippen molar-refractivity contribution >= 4 is 12.3 Å². The van der Waals surface area contributed by atoms with Crippen LogP contribution in [0.25, 0.3) is 0 Å². The Balaban J connectivity index is 3.63. The molecule has 0 aliphatic carbocycles. The van der Waals surface area contributed by atoms with Gasteiger partial charge in [0.15, 0.2) is 0 Å². The molecule has 0 fully saturated rings. The molecule has 0 rings (SSSR count). The molecule has 0 unspecified atom stereocenters. The van der Waals surface area contributed by atoms with E-state index < -0.39 is 12.0 Å². The van der Waals surface area contributed by atoms with Gasteiger partial charge in [-0.2, -0.15) is 0 Å². The standard InChI is InChI=1S/C8H15NO3/c1-6(2)4-12-7(3)8(11)9-5-10/h5-7H,4H2,1-3H3,(H,9,10,11)/t7-/m1/s1. The number of carbonyl (C=O) groups excluding carboxylic acids is 2. The Bertz CT molecular complexity index is 156. The molecule has 0 aromatic heterocycles. The highest BCUT2D eigenvalue weighted by Gasteiger charge is 2.12. The lowest BCUT2D eigenvalue weighted by atomic mass is 10.2. The highest BCUT2D eigenvalue weighted by atomic mass is 16.5. The van der Waals surface area contributed by atoms with Gasteiger partial charge in [-0.05, 0) is 12.8 Å². The van der Waals surface area contributed by atoms with Crippen LogP contribution in [-0.2, 0) is 14.3 Å². The Morgan fingerprint density at radius 2 is 2.08 bits per heavy atom. The first-order valence-corrected chi connectivity index (χ1v) is 3.93. The molecular weight excluding hydrogens is 158 g/mol. The SMILES string of the molecule is CC(C)CO[C@H](C)C(=O)NC=O. The topological polar surface area (TPSA) is 55.4 Å². The van der Waals surface area contributed by atoms with Gasteiger partial charge in [0.05, 0.1) is 0 Å². The van der Waals surface area contributed by atoms with Crippen LogP contribution in [0, 0.1) is 5.92 Å². The van der Waals surface area contributed by atoms with Gasteiger partial charge < -0.3 is 4.74 Å². The second kappa shape index (κ2) is 5.71. The van der Waals surface area contributed by atoms with Gasteiger partial charge in [0.1, 0.15) is 6.10 Å². The summed E-state index contributed by atoms with van der Waals surface area (Å²) in [6.45, 7) is 6.11. The van der Waals surface area contributed by atoms with Gasteiger partial charge in [-0.25, -0.2) is 0 Å². The highest BCUT2D eigenvalue weighted by Crippen LogP contribution is 1.97. The fraction of sp³-hybridized carbons (Fsp3) is 0.750. The second-order valence-electron chi connectivity index (χ2n) is 3.00. The summed E-state index contributed by atoms with van der Waals surface area (Å²) in [5.74, 6) is -0.0119. The van der Waals surface area contributed by atoms with Crippen molar-refractivity contribution in [1.82, 2.24) is 5.32 Å². The maximum Gasteiger partial charge on any atom is 0.255 e. The molecule has 0 heterocycles. The van der Waals surface area contributed by atoms with E-state index in [4.69, 9.17) is 4.74 Å². The highest BCUT2D eigenvalue weighted by molar-refractivity contribution is 5.88. The number of nitrogens with one attached hydrogen (secondary N) is 1. The van der Waals surface area contributed by atoms with E-state index in [9.17, 15) is 9.59 Å². The number of ether oxygens (including phenoxy) is 1. The smallest absolute Gasteiger partial charge is 0.255 e. The zero-order valence-corrected chi connectivity index (χ0v) is 7.66. The van der Waals surface area contributed by atoms with E-state index in [1.54, 1.807) is 6.92 Å². The summed E-state index contributed by atoms with van der Waals surface area (Å²) < 4.78 is 5.15. The third-order valence-corrected chi connectivity index (χ3v) is 1.25. The van der Waals surface area contributed by atoms with Crippen LogP contribution in [0.15, 0.2) is 0 Å². The monoisotopic (exact) mass is 173 g/mol. The quantitative estimate of drug-likeness (QED) is 0.609. The molecule has 0 radical (unpaired) electrons. The molecule has 0 saturated heterocycles. The Morgan fingerprint density at radius 3 is 2.50 bits per heavy atom. The number of rotatable bonds is 5. The molecule has 1 atom stereocenters. The van der Waals surface area contributed by atoms with Crippen molar-refractivity contribution in [2.75, 3.05) is 6.61 Å². The molecular formula is C8H15NO3. The fourth-order valence-electron chi connectivity index (χ4n) is 0.588. The van der Waals surface area contributed by atoms with Crippen LogP contribution >= 0.6 is 0 Å². The van der Waals surface area contributed by atoms with Crippen molar-refractivity contribution in [3.8, 4) is 0 Å². The van der Waals surface area contributed by atoms with E-state index in [1.165, 1.54) is 0 Å². The minimum atomic E-state index is -0.558. The average Bonchev–Trinajstić information content (AvgIpc) is 2.00. The Kier molecular flexibility index (Phi) is 5.28. The largest absolute Gasteiger partial charge is 0.368 e. The number of hydrogen-bond acceptors (Lipinski definition) is 3. The molecule has 0 aliphatic heterocycles. The molecule has 4 nitrogen and oxygen atoms in total. The first-order valence-electron chi connectivity index (χ1n) is 3.93. The minimum Gasteiger partial charge on any atom is -0.368 e. The summed E-state index contributed by atoms with van der Waals surface area (Å²) in [5.41, 5.74) is 0. The van der Waals surface area contributed by atoms with Crippen LogP contribution in [0.3, 0.4) is 0 Å². The van der Waals surface area contributed by atoms with Crippen molar-refractivity contribution in [3.63, 3.8) is 0 Å². The van der Waals surface area contributed by atoms with Crippen molar-refractivity contribution in [3.05, 3.63) is 0 Å². The third-order valence-electron chi connectivity index (χ3n) is 1.25. The lowest BCUT2D eigenvalue weighted by Gasteiger charge is -2.12. The molecule has 0 aliphatic rings. The van der Waals surface area contributed by atoms with Gasteiger partial charge in [-0.15, -0.1) is 0 Å². The van der Waals surface area contributed by atoms with E-state index >= 15 is 0 Å². The lowest BCUT2D eigenvalue weighted by Crippen LogP contribution is -2.34. The lowest BCUT2D eigenvalue weighted by molar-refractivity contribution is -0.134. The summed E-state index contributed by atoms with van der Waals surface area (Å²) in [6.07, 6.45) is -0.199. The molecule has 1 N–H and O–H groups in total. The summed E-state index contributed by atoms with van der Waals surface area (Å²) in [7, 11) is 0. The van der Waals surface area contributed by atoms with Crippen LogP contribution < -0.4 is 5.32 Å².